The Bertz CT molecular complexity index is 684. The van der Waals surface area contributed by atoms with E-state index in [1.807, 2.05) is 26.0 Å². The quantitative estimate of drug-likeness (QED) is 0.914. The predicted octanol–water partition coefficient (Wildman–Crippen LogP) is 3.09. The van der Waals surface area contributed by atoms with Crippen LogP contribution >= 0.6 is 0 Å². The molecule has 6 nitrogen and oxygen atoms in total. The Morgan fingerprint density at radius 2 is 2.00 bits per heavy atom. The zero-order valence-electron chi connectivity index (χ0n) is 13.4. The fraction of sp³-hybridized carbons (Fsp3) is 0.353. The number of hydrogen-bond donors (Lipinski definition) is 2. The normalized spacial score (nSPS) is 13.6. The summed E-state index contributed by atoms with van der Waals surface area (Å²) in [5, 5.41) is 13.8. The summed E-state index contributed by atoms with van der Waals surface area (Å²) in [6.07, 6.45) is 2.19. The number of aryl methyl sites for hydroxylation is 1. The van der Waals surface area contributed by atoms with Crippen LogP contribution in [0.1, 0.15) is 25.8 Å². The molecule has 2 aromatic rings. The fourth-order valence-corrected chi connectivity index (χ4v) is 2.72. The molecule has 0 spiro atoms. The third-order valence-corrected chi connectivity index (χ3v) is 3.70. The molecule has 1 aliphatic heterocycles. The lowest BCUT2D eigenvalue weighted by atomic mass is 10.0. The van der Waals surface area contributed by atoms with E-state index < -0.39 is 0 Å². The number of fused-ring (bicyclic) bond motifs is 1. The van der Waals surface area contributed by atoms with Gasteiger partial charge in [-0.1, -0.05) is 18.2 Å². The molecule has 1 aromatic carbocycles. The summed E-state index contributed by atoms with van der Waals surface area (Å²) in [6, 6.07) is 11.8. The second kappa shape index (κ2) is 6.64. The largest absolute Gasteiger partial charge is 0.336 e. The van der Waals surface area contributed by atoms with Crippen LogP contribution in [0.3, 0.4) is 0 Å². The number of para-hydroxylation sites is 1. The van der Waals surface area contributed by atoms with E-state index in [9.17, 15) is 4.79 Å². The summed E-state index contributed by atoms with van der Waals surface area (Å²) in [4.78, 5) is 13.8. The maximum absolute atomic E-state index is 11.7. The standard InChI is InChI=1S/C17H21N5O/c1-12(2)18-17(23)19-15-9-10-16(21-20-15)22-11-5-7-13-6-3-4-8-14(13)22/h3-4,6,8-10,12H,5,7,11H2,1-2H3,(H2,18,19,20,23). The van der Waals surface area contributed by atoms with Crippen LogP contribution in [-0.4, -0.2) is 28.8 Å². The van der Waals surface area contributed by atoms with Crippen molar-refractivity contribution in [3.8, 4) is 0 Å². The average Bonchev–Trinajstić information content (AvgIpc) is 2.54. The maximum Gasteiger partial charge on any atom is 0.320 e. The van der Waals surface area contributed by atoms with Crippen molar-refractivity contribution in [3.63, 3.8) is 0 Å². The summed E-state index contributed by atoms with van der Waals surface area (Å²) < 4.78 is 0. The number of carbonyl (C=O) groups excluding carboxylic acids is 1. The van der Waals surface area contributed by atoms with Crippen LogP contribution in [0.25, 0.3) is 0 Å². The first-order valence-corrected chi connectivity index (χ1v) is 7.90. The lowest BCUT2D eigenvalue weighted by Gasteiger charge is -2.29. The third kappa shape index (κ3) is 3.59. The van der Waals surface area contributed by atoms with Crippen LogP contribution in [0.4, 0.5) is 22.1 Å². The molecule has 0 saturated heterocycles. The van der Waals surface area contributed by atoms with Crippen LogP contribution in [0.15, 0.2) is 36.4 Å². The Morgan fingerprint density at radius 3 is 2.74 bits per heavy atom. The van der Waals surface area contributed by atoms with E-state index in [-0.39, 0.29) is 12.1 Å². The van der Waals surface area contributed by atoms with E-state index in [0.29, 0.717) is 5.82 Å². The van der Waals surface area contributed by atoms with E-state index >= 15 is 0 Å². The zero-order chi connectivity index (χ0) is 16.2. The van der Waals surface area contributed by atoms with E-state index in [2.05, 4.69) is 43.9 Å². The highest BCUT2D eigenvalue weighted by Crippen LogP contribution is 2.31. The van der Waals surface area contributed by atoms with E-state index in [0.717, 1.165) is 25.2 Å². The number of aromatic nitrogens is 2. The summed E-state index contributed by atoms with van der Waals surface area (Å²) in [6.45, 7) is 4.73. The molecule has 1 aliphatic rings. The summed E-state index contributed by atoms with van der Waals surface area (Å²) in [7, 11) is 0. The van der Waals surface area contributed by atoms with Gasteiger partial charge in [0.25, 0.3) is 0 Å². The minimum absolute atomic E-state index is 0.0760. The van der Waals surface area contributed by atoms with Crippen LogP contribution in [0.5, 0.6) is 0 Å². The monoisotopic (exact) mass is 311 g/mol. The summed E-state index contributed by atoms with van der Waals surface area (Å²) in [5.74, 6) is 1.24. The van der Waals surface area contributed by atoms with Gasteiger partial charge in [-0.25, -0.2) is 4.79 Å². The van der Waals surface area contributed by atoms with Crippen molar-refractivity contribution in [2.45, 2.75) is 32.7 Å². The highest BCUT2D eigenvalue weighted by molar-refractivity contribution is 5.88. The molecular weight excluding hydrogens is 290 g/mol. The molecule has 1 aromatic heterocycles. The molecule has 120 valence electrons. The molecule has 0 saturated carbocycles. The molecule has 6 heteroatoms. The smallest absolute Gasteiger partial charge is 0.320 e. The Labute approximate surface area is 135 Å². The van der Waals surface area contributed by atoms with Gasteiger partial charge in [-0.05, 0) is 50.5 Å². The fourth-order valence-electron chi connectivity index (χ4n) is 2.72. The molecule has 0 atom stereocenters. The van der Waals surface area contributed by atoms with Crippen molar-refractivity contribution >= 4 is 23.4 Å². The number of rotatable bonds is 3. The molecule has 23 heavy (non-hydrogen) atoms. The zero-order valence-corrected chi connectivity index (χ0v) is 13.4. The molecule has 0 bridgehead atoms. The molecule has 2 amide bonds. The Kier molecular flexibility index (Phi) is 4.41. The first kappa shape index (κ1) is 15.3. The highest BCUT2D eigenvalue weighted by Gasteiger charge is 2.19. The lowest BCUT2D eigenvalue weighted by molar-refractivity contribution is 0.250. The number of urea groups is 1. The van der Waals surface area contributed by atoms with Gasteiger partial charge in [-0.3, -0.25) is 5.32 Å². The molecule has 3 rings (SSSR count). The number of nitrogens with zero attached hydrogens (tertiary/aromatic N) is 3. The minimum atomic E-state index is -0.273. The van der Waals surface area contributed by atoms with Gasteiger partial charge in [0.1, 0.15) is 0 Å². The molecule has 0 radical (unpaired) electrons. The average molecular weight is 311 g/mol. The van der Waals surface area contributed by atoms with Crippen molar-refractivity contribution in [1.29, 1.82) is 0 Å². The molecule has 0 fully saturated rings. The Hall–Kier alpha value is -2.63. The van der Waals surface area contributed by atoms with Crippen LogP contribution in [-0.2, 0) is 6.42 Å². The van der Waals surface area contributed by atoms with E-state index in [1.54, 1.807) is 6.07 Å². The molecule has 2 heterocycles. The van der Waals surface area contributed by atoms with Crippen LogP contribution in [0.2, 0.25) is 0 Å². The topological polar surface area (TPSA) is 70.2 Å². The van der Waals surface area contributed by atoms with Gasteiger partial charge < -0.3 is 10.2 Å². The first-order chi connectivity index (χ1) is 11.1. The van der Waals surface area contributed by atoms with Gasteiger partial charge in [0, 0.05) is 18.3 Å². The Balaban J connectivity index is 1.74. The van der Waals surface area contributed by atoms with Gasteiger partial charge in [0.2, 0.25) is 0 Å². The molecule has 0 unspecified atom stereocenters. The lowest BCUT2D eigenvalue weighted by Crippen LogP contribution is -2.34. The first-order valence-electron chi connectivity index (χ1n) is 7.90. The SMILES string of the molecule is CC(C)NC(=O)Nc1ccc(N2CCCc3ccccc32)nn1. The third-order valence-electron chi connectivity index (χ3n) is 3.70. The molecule has 0 aliphatic carbocycles. The van der Waals surface area contributed by atoms with Gasteiger partial charge in [0.15, 0.2) is 11.6 Å². The minimum Gasteiger partial charge on any atom is -0.336 e. The number of carbonyl (C=O) groups is 1. The molecular formula is C17H21N5O. The number of anilines is 3. The number of hydrogen-bond acceptors (Lipinski definition) is 4. The maximum atomic E-state index is 11.7. The van der Waals surface area contributed by atoms with Crippen LogP contribution < -0.4 is 15.5 Å². The predicted molar refractivity (Wildman–Crippen MR) is 91.1 cm³/mol. The van der Waals surface area contributed by atoms with E-state index in [4.69, 9.17) is 0 Å². The van der Waals surface area contributed by atoms with Crippen molar-refractivity contribution in [2.24, 2.45) is 0 Å². The number of amides is 2. The Morgan fingerprint density at radius 1 is 1.17 bits per heavy atom. The van der Waals surface area contributed by atoms with Gasteiger partial charge >= 0.3 is 6.03 Å². The van der Waals surface area contributed by atoms with Crippen molar-refractivity contribution in [1.82, 2.24) is 15.5 Å². The summed E-state index contributed by atoms with van der Waals surface area (Å²) >= 11 is 0. The second-order valence-electron chi connectivity index (χ2n) is 5.91. The number of nitrogens with one attached hydrogen (secondary N) is 2. The number of benzene rings is 1. The summed E-state index contributed by atoms with van der Waals surface area (Å²) in [5.41, 5.74) is 2.52. The van der Waals surface area contributed by atoms with E-state index in [1.165, 1.54) is 11.3 Å². The van der Waals surface area contributed by atoms with Gasteiger partial charge in [-0.2, -0.15) is 0 Å². The highest BCUT2D eigenvalue weighted by atomic mass is 16.2. The second-order valence-corrected chi connectivity index (χ2v) is 5.91. The van der Waals surface area contributed by atoms with Gasteiger partial charge in [-0.15, -0.1) is 10.2 Å². The van der Waals surface area contributed by atoms with Crippen molar-refractivity contribution in [3.05, 3.63) is 42.0 Å². The van der Waals surface area contributed by atoms with Crippen LogP contribution in [0, 0.1) is 0 Å². The molecule has 2 N–H and O–H groups in total. The van der Waals surface area contributed by atoms with Crippen molar-refractivity contribution < 1.29 is 4.79 Å². The van der Waals surface area contributed by atoms with Gasteiger partial charge in [0.05, 0.1) is 0 Å². The van der Waals surface area contributed by atoms with Crippen molar-refractivity contribution in [2.75, 3.05) is 16.8 Å².